The van der Waals surface area contributed by atoms with Crippen LogP contribution in [0.1, 0.15) is 34.9 Å². The molecule has 1 amide bonds. The number of amides is 1. The molecule has 144 valence electrons. The molecule has 1 aliphatic heterocycles. The number of benzene rings is 1. The first-order valence-corrected chi connectivity index (χ1v) is 9.19. The summed E-state index contributed by atoms with van der Waals surface area (Å²) in [4.78, 5) is 35.2. The Balaban J connectivity index is 1.58. The van der Waals surface area contributed by atoms with Crippen LogP contribution in [0.4, 0.5) is 5.95 Å². The van der Waals surface area contributed by atoms with Crippen molar-refractivity contribution in [3.05, 3.63) is 64.6 Å². The van der Waals surface area contributed by atoms with Crippen molar-refractivity contribution in [1.29, 1.82) is 0 Å². The van der Waals surface area contributed by atoms with Gasteiger partial charge >= 0.3 is 5.69 Å². The number of piperidine rings is 1. The number of likely N-dealkylation sites (tertiary alicyclic amines) is 1. The topological polar surface area (TPSA) is 109 Å². The van der Waals surface area contributed by atoms with E-state index >= 15 is 0 Å². The summed E-state index contributed by atoms with van der Waals surface area (Å²) in [5.41, 5.74) is 0.929. The molecule has 0 aliphatic carbocycles. The van der Waals surface area contributed by atoms with Crippen LogP contribution in [0.25, 0.3) is 5.69 Å². The van der Waals surface area contributed by atoms with Gasteiger partial charge in [0.2, 0.25) is 5.95 Å². The summed E-state index contributed by atoms with van der Waals surface area (Å²) in [6.07, 6.45) is 4.75. The van der Waals surface area contributed by atoms with E-state index in [1.807, 2.05) is 30.3 Å². The van der Waals surface area contributed by atoms with Crippen molar-refractivity contribution in [3.63, 3.8) is 0 Å². The van der Waals surface area contributed by atoms with Gasteiger partial charge in [-0.3, -0.25) is 4.79 Å². The average molecular weight is 379 g/mol. The first kappa shape index (κ1) is 17.9. The maximum Gasteiger partial charge on any atom is 0.347 e. The summed E-state index contributed by atoms with van der Waals surface area (Å²) < 4.78 is 1.59. The quantitative estimate of drug-likeness (QED) is 0.709. The van der Waals surface area contributed by atoms with Crippen LogP contribution in [0, 0.1) is 0 Å². The molecule has 3 heterocycles. The van der Waals surface area contributed by atoms with Gasteiger partial charge in [0, 0.05) is 38.4 Å². The van der Waals surface area contributed by atoms with Crippen LogP contribution in [-0.2, 0) is 0 Å². The molecule has 1 aromatic carbocycles. The third-order valence-electron chi connectivity index (χ3n) is 4.91. The van der Waals surface area contributed by atoms with Gasteiger partial charge < -0.3 is 10.2 Å². The molecule has 2 N–H and O–H groups in total. The molecular formula is C19H21N7O2. The molecule has 1 atom stereocenters. The van der Waals surface area contributed by atoms with Crippen molar-refractivity contribution >= 4 is 11.9 Å². The Morgan fingerprint density at radius 1 is 1.21 bits per heavy atom. The second-order valence-corrected chi connectivity index (χ2v) is 6.69. The number of H-pyrrole nitrogens is 1. The standard InChI is InChI=1S/C19H21N7O2/c1-20-18-21-10-14(11-22-18)17(27)25-9-5-6-13(12-25)16-23-24-19(28)26(16)15-7-3-2-4-8-15/h2-4,7-8,10-11,13H,5-6,9,12H2,1H3,(H,24,28)(H,20,21,22)/t13-/m1/s1. The Hall–Kier alpha value is -3.49. The van der Waals surface area contributed by atoms with E-state index in [9.17, 15) is 9.59 Å². The number of para-hydroxylation sites is 1. The van der Waals surface area contributed by atoms with Gasteiger partial charge in [-0.05, 0) is 25.0 Å². The van der Waals surface area contributed by atoms with Gasteiger partial charge in [-0.2, -0.15) is 5.10 Å². The zero-order valence-corrected chi connectivity index (χ0v) is 15.5. The van der Waals surface area contributed by atoms with Gasteiger partial charge in [0.1, 0.15) is 5.82 Å². The van der Waals surface area contributed by atoms with Gasteiger partial charge in [-0.25, -0.2) is 24.4 Å². The summed E-state index contributed by atoms with van der Waals surface area (Å²) in [6.45, 7) is 1.15. The van der Waals surface area contributed by atoms with E-state index in [4.69, 9.17) is 0 Å². The van der Waals surface area contributed by atoms with E-state index in [1.165, 1.54) is 12.4 Å². The molecule has 1 fully saturated rings. The second-order valence-electron chi connectivity index (χ2n) is 6.69. The first-order valence-electron chi connectivity index (χ1n) is 9.19. The summed E-state index contributed by atoms with van der Waals surface area (Å²) in [6, 6.07) is 9.39. The van der Waals surface area contributed by atoms with E-state index in [-0.39, 0.29) is 17.5 Å². The van der Waals surface area contributed by atoms with Crippen molar-refractivity contribution in [1.82, 2.24) is 29.6 Å². The lowest BCUT2D eigenvalue weighted by molar-refractivity contribution is 0.0703. The molecule has 4 rings (SSSR count). The highest BCUT2D eigenvalue weighted by Gasteiger charge is 2.29. The molecule has 9 heteroatoms. The van der Waals surface area contributed by atoms with E-state index < -0.39 is 0 Å². The van der Waals surface area contributed by atoms with Crippen LogP contribution in [0.3, 0.4) is 0 Å². The Morgan fingerprint density at radius 3 is 2.68 bits per heavy atom. The lowest BCUT2D eigenvalue weighted by Crippen LogP contribution is -2.40. The fourth-order valence-electron chi connectivity index (χ4n) is 3.53. The van der Waals surface area contributed by atoms with Crippen LogP contribution >= 0.6 is 0 Å². The molecule has 1 aliphatic rings. The number of carbonyl (C=O) groups is 1. The van der Waals surface area contributed by atoms with E-state index in [2.05, 4.69) is 25.5 Å². The number of nitrogens with one attached hydrogen (secondary N) is 2. The number of nitrogens with zero attached hydrogens (tertiary/aromatic N) is 5. The summed E-state index contributed by atoms with van der Waals surface area (Å²) in [7, 11) is 1.72. The number of anilines is 1. The number of hydrogen-bond donors (Lipinski definition) is 2. The summed E-state index contributed by atoms with van der Waals surface area (Å²) in [5.74, 6) is 0.970. The molecule has 3 aromatic rings. The van der Waals surface area contributed by atoms with Crippen LogP contribution in [0.5, 0.6) is 0 Å². The number of rotatable bonds is 4. The molecule has 28 heavy (non-hydrogen) atoms. The Morgan fingerprint density at radius 2 is 1.96 bits per heavy atom. The fourth-order valence-corrected chi connectivity index (χ4v) is 3.53. The van der Waals surface area contributed by atoms with E-state index in [1.54, 1.807) is 16.5 Å². The van der Waals surface area contributed by atoms with E-state index in [0.717, 1.165) is 18.5 Å². The summed E-state index contributed by atoms with van der Waals surface area (Å²) in [5, 5.41) is 9.64. The van der Waals surface area contributed by atoms with Crippen LogP contribution in [0.15, 0.2) is 47.5 Å². The molecule has 2 aromatic heterocycles. The highest BCUT2D eigenvalue weighted by molar-refractivity contribution is 5.93. The molecular weight excluding hydrogens is 358 g/mol. The van der Waals surface area contributed by atoms with E-state index in [0.29, 0.717) is 30.4 Å². The number of aromatic nitrogens is 5. The maximum atomic E-state index is 12.9. The fraction of sp³-hybridized carbons (Fsp3) is 0.316. The zero-order valence-electron chi connectivity index (χ0n) is 15.5. The first-order chi connectivity index (χ1) is 13.7. The zero-order chi connectivity index (χ0) is 19.5. The lowest BCUT2D eigenvalue weighted by Gasteiger charge is -2.32. The number of hydrogen-bond acceptors (Lipinski definition) is 6. The maximum absolute atomic E-state index is 12.9. The molecule has 0 spiro atoms. The molecule has 0 radical (unpaired) electrons. The molecule has 0 saturated carbocycles. The Bertz CT molecular complexity index is 1010. The van der Waals surface area contributed by atoms with Gasteiger partial charge in [0.15, 0.2) is 0 Å². The third kappa shape index (κ3) is 3.38. The lowest BCUT2D eigenvalue weighted by atomic mass is 9.96. The van der Waals surface area contributed by atoms with Gasteiger partial charge in [-0.1, -0.05) is 18.2 Å². The Labute approximate surface area is 161 Å². The normalized spacial score (nSPS) is 16.8. The largest absolute Gasteiger partial charge is 0.357 e. The van der Waals surface area contributed by atoms with Crippen LogP contribution < -0.4 is 11.0 Å². The third-order valence-corrected chi connectivity index (χ3v) is 4.91. The average Bonchev–Trinajstić information content (AvgIpc) is 3.15. The predicted octanol–water partition coefficient (Wildman–Crippen LogP) is 1.41. The summed E-state index contributed by atoms with van der Waals surface area (Å²) >= 11 is 0. The van der Waals surface area contributed by atoms with Crippen molar-refractivity contribution in [2.75, 3.05) is 25.5 Å². The highest BCUT2D eigenvalue weighted by atomic mass is 16.2. The minimum atomic E-state index is -0.277. The van der Waals surface area contributed by atoms with Crippen molar-refractivity contribution in [2.45, 2.75) is 18.8 Å². The van der Waals surface area contributed by atoms with Crippen molar-refractivity contribution < 1.29 is 4.79 Å². The van der Waals surface area contributed by atoms with Crippen LogP contribution in [0.2, 0.25) is 0 Å². The van der Waals surface area contributed by atoms with Crippen molar-refractivity contribution in [2.24, 2.45) is 0 Å². The van der Waals surface area contributed by atoms with Gasteiger partial charge in [0.25, 0.3) is 5.91 Å². The number of carbonyl (C=O) groups excluding carboxylic acids is 1. The molecule has 9 nitrogen and oxygen atoms in total. The second kappa shape index (κ2) is 7.63. The minimum Gasteiger partial charge on any atom is -0.357 e. The molecule has 0 unspecified atom stereocenters. The van der Waals surface area contributed by atoms with Crippen molar-refractivity contribution in [3.8, 4) is 5.69 Å². The minimum absolute atomic E-state index is 0.0330. The van der Waals surface area contributed by atoms with Crippen LogP contribution in [-0.4, -0.2) is 55.7 Å². The Kier molecular flexibility index (Phi) is 4.88. The molecule has 0 bridgehead atoms. The van der Waals surface area contributed by atoms with Gasteiger partial charge in [0.05, 0.1) is 11.3 Å². The SMILES string of the molecule is CNc1ncc(C(=O)N2CCC[C@@H](c3n[nH]c(=O)n3-c3ccccc3)C2)cn1. The predicted molar refractivity (Wildman–Crippen MR) is 104 cm³/mol. The number of aromatic amines is 1. The smallest absolute Gasteiger partial charge is 0.347 e. The van der Waals surface area contributed by atoms with Gasteiger partial charge in [-0.15, -0.1) is 0 Å². The monoisotopic (exact) mass is 379 g/mol. The molecule has 1 saturated heterocycles. The highest BCUT2D eigenvalue weighted by Crippen LogP contribution is 2.27.